The highest BCUT2D eigenvalue weighted by Crippen LogP contribution is 2.20. The Balaban J connectivity index is 0.000000575. The molecule has 2 aromatic carbocycles. The first-order chi connectivity index (χ1) is 15.0. The summed E-state index contributed by atoms with van der Waals surface area (Å²) in [5.41, 5.74) is 3.03. The van der Waals surface area contributed by atoms with Gasteiger partial charge >= 0.3 is 5.69 Å². The molecule has 0 radical (unpaired) electrons. The lowest BCUT2D eigenvalue weighted by molar-refractivity contribution is -0.135. The van der Waals surface area contributed by atoms with E-state index in [0.29, 0.717) is 5.65 Å². The van der Waals surface area contributed by atoms with Crippen LogP contribution in [0.4, 0.5) is 0 Å². The van der Waals surface area contributed by atoms with Crippen molar-refractivity contribution in [2.45, 2.75) is 34.6 Å². The van der Waals surface area contributed by atoms with E-state index in [-0.39, 0.29) is 5.69 Å². The van der Waals surface area contributed by atoms with E-state index in [0.717, 1.165) is 42.7 Å². The van der Waals surface area contributed by atoms with Crippen molar-refractivity contribution in [1.29, 1.82) is 0 Å². The molecule has 0 atom stereocenters. The summed E-state index contributed by atoms with van der Waals surface area (Å²) < 4.78 is 1.62. The van der Waals surface area contributed by atoms with Gasteiger partial charge in [-0.25, -0.2) is 14.2 Å². The number of carboxylic acids is 3. The van der Waals surface area contributed by atoms with Gasteiger partial charge in [0.2, 0.25) is 0 Å². The molecule has 2 aromatic heterocycles. The molecule has 32 heavy (non-hydrogen) atoms. The van der Waals surface area contributed by atoms with Crippen LogP contribution < -0.4 is 5.69 Å². The Morgan fingerprint density at radius 2 is 1.25 bits per heavy atom. The van der Waals surface area contributed by atoms with E-state index in [4.69, 9.17) is 29.7 Å². The number of imidazole rings is 1. The predicted octanol–water partition coefficient (Wildman–Crippen LogP) is 3.63. The first kappa shape index (κ1) is 27.8. The molecule has 0 unspecified atom stereocenters. The summed E-state index contributed by atoms with van der Waals surface area (Å²) in [6.07, 6.45) is 0. The fourth-order valence-electron chi connectivity index (χ4n) is 2.37. The van der Waals surface area contributed by atoms with E-state index in [1.165, 1.54) is 0 Å². The second kappa shape index (κ2) is 13.9. The van der Waals surface area contributed by atoms with Gasteiger partial charge in [-0.2, -0.15) is 0 Å². The fourth-order valence-corrected chi connectivity index (χ4v) is 2.37. The van der Waals surface area contributed by atoms with Gasteiger partial charge in [0.05, 0.1) is 16.6 Å². The number of para-hydroxylation sites is 3. The molecule has 4 aromatic rings. The first-order valence-corrected chi connectivity index (χ1v) is 9.51. The third kappa shape index (κ3) is 9.08. The molecule has 2 heterocycles. The molecule has 0 saturated heterocycles. The highest BCUT2D eigenvalue weighted by Gasteiger charge is 2.09. The summed E-state index contributed by atoms with van der Waals surface area (Å²) in [5, 5.41) is 23.2. The van der Waals surface area contributed by atoms with Crippen molar-refractivity contribution in [1.82, 2.24) is 14.4 Å². The normalized spacial score (nSPS) is 9.03. The second-order valence-electron chi connectivity index (χ2n) is 5.79. The van der Waals surface area contributed by atoms with Crippen molar-refractivity contribution >= 4 is 45.5 Å². The largest absolute Gasteiger partial charge is 0.481 e. The number of carboxylic acid groups (broad SMARTS) is 3. The van der Waals surface area contributed by atoms with Crippen LogP contribution in [0.1, 0.15) is 34.6 Å². The molecule has 0 bridgehead atoms. The Labute approximate surface area is 183 Å². The molecule has 0 fully saturated rings. The van der Waals surface area contributed by atoms with Crippen molar-refractivity contribution in [3.05, 3.63) is 59.0 Å². The minimum absolute atomic E-state index is 0.155. The SMILES string of the molecule is CC.CC(=O)O.CC(=O)O.CC(=O)O.O=c1[nH]c2ccccc2c2nc3ccccc3n12. The smallest absolute Gasteiger partial charge is 0.332 e. The second-order valence-corrected chi connectivity index (χ2v) is 5.79. The number of hydrogen-bond donors (Lipinski definition) is 4. The summed E-state index contributed by atoms with van der Waals surface area (Å²) in [6, 6.07) is 15.3. The van der Waals surface area contributed by atoms with Gasteiger partial charge in [0, 0.05) is 26.2 Å². The van der Waals surface area contributed by atoms with Gasteiger partial charge in [-0.15, -0.1) is 0 Å². The summed E-state index contributed by atoms with van der Waals surface area (Å²) in [7, 11) is 0. The van der Waals surface area contributed by atoms with Crippen LogP contribution in [-0.4, -0.2) is 47.6 Å². The van der Waals surface area contributed by atoms with E-state index in [9.17, 15) is 4.79 Å². The van der Waals surface area contributed by atoms with E-state index in [2.05, 4.69) is 9.97 Å². The molecular weight excluding hydrogens is 418 g/mol. The first-order valence-electron chi connectivity index (χ1n) is 9.51. The maximum Gasteiger partial charge on any atom is 0.332 e. The number of benzene rings is 2. The molecule has 4 rings (SSSR count). The van der Waals surface area contributed by atoms with Crippen LogP contribution in [-0.2, 0) is 14.4 Å². The molecule has 0 aliphatic carbocycles. The van der Waals surface area contributed by atoms with E-state index >= 15 is 0 Å². The third-order valence-electron chi connectivity index (χ3n) is 3.17. The Kier molecular flexibility index (Phi) is 12.1. The minimum atomic E-state index is -0.833. The van der Waals surface area contributed by atoms with Crippen LogP contribution in [0.15, 0.2) is 53.3 Å². The number of nitrogens with one attached hydrogen (secondary N) is 1. The molecule has 0 aliphatic rings. The average molecular weight is 445 g/mol. The molecular formula is C22H27N3O7. The molecule has 172 valence electrons. The molecule has 10 heteroatoms. The van der Waals surface area contributed by atoms with Gasteiger partial charge in [0.15, 0.2) is 5.65 Å². The van der Waals surface area contributed by atoms with Crippen molar-refractivity contribution in [3.8, 4) is 0 Å². The molecule has 10 nitrogen and oxygen atoms in total. The zero-order chi connectivity index (χ0) is 24.8. The molecule has 0 saturated carbocycles. The van der Waals surface area contributed by atoms with Gasteiger partial charge in [-0.1, -0.05) is 38.1 Å². The number of aromatic amines is 1. The van der Waals surface area contributed by atoms with E-state index in [1.807, 2.05) is 62.4 Å². The number of fused-ring (bicyclic) bond motifs is 5. The monoisotopic (exact) mass is 445 g/mol. The molecule has 0 amide bonds. The Morgan fingerprint density at radius 3 is 1.78 bits per heavy atom. The standard InChI is InChI=1S/C14H9N3O.3C2H4O2.C2H6/c18-14-16-10-6-2-1-5-9(10)13-15-11-7-3-4-8-12(11)17(13)14;3*1-2(3)4;1-2/h1-8H,(H,16,18);3*1H3,(H,3,4);1-2H3. The number of aromatic nitrogens is 3. The van der Waals surface area contributed by atoms with Crippen molar-refractivity contribution < 1.29 is 29.7 Å². The predicted molar refractivity (Wildman–Crippen MR) is 122 cm³/mol. The van der Waals surface area contributed by atoms with Gasteiger partial charge in [-0.3, -0.25) is 14.4 Å². The lowest BCUT2D eigenvalue weighted by Crippen LogP contribution is -2.15. The van der Waals surface area contributed by atoms with Gasteiger partial charge in [-0.05, 0) is 24.3 Å². The van der Waals surface area contributed by atoms with E-state index in [1.54, 1.807) is 4.40 Å². The van der Waals surface area contributed by atoms with Crippen LogP contribution in [0, 0.1) is 0 Å². The Morgan fingerprint density at radius 1 is 0.812 bits per heavy atom. The van der Waals surface area contributed by atoms with Gasteiger partial charge < -0.3 is 20.3 Å². The fraction of sp³-hybridized carbons (Fsp3) is 0.227. The lowest BCUT2D eigenvalue weighted by atomic mass is 10.2. The average Bonchev–Trinajstić information content (AvgIpc) is 3.09. The number of nitrogens with zero attached hydrogens (tertiary/aromatic N) is 2. The van der Waals surface area contributed by atoms with Crippen molar-refractivity contribution in [2.75, 3.05) is 0 Å². The summed E-state index contributed by atoms with van der Waals surface area (Å²) in [6.45, 7) is 7.25. The molecule has 4 N–H and O–H groups in total. The molecule has 0 spiro atoms. The number of hydrogen-bond acceptors (Lipinski definition) is 5. The minimum Gasteiger partial charge on any atom is -0.481 e. The Bertz CT molecular complexity index is 1200. The van der Waals surface area contributed by atoms with Crippen LogP contribution in [0.5, 0.6) is 0 Å². The maximum atomic E-state index is 12.1. The third-order valence-corrected chi connectivity index (χ3v) is 3.17. The quantitative estimate of drug-likeness (QED) is 0.319. The van der Waals surface area contributed by atoms with Crippen LogP contribution >= 0.6 is 0 Å². The zero-order valence-corrected chi connectivity index (χ0v) is 18.5. The topological polar surface area (TPSA) is 162 Å². The van der Waals surface area contributed by atoms with Crippen molar-refractivity contribution in [3.63, 3.8) is 0 Å². The summed E-state index contributed by atoms with van der Waals surface area (Å²) >= 11 is 0. The lowest BCUT2D eigenvalue weighted by Gasteiger charge is -1.99. The van der Waals surface area contributed by atoms with Gasteiger partial charge in [0.25, 0.3) is 17.9 Å². The molecule has 0 aliphatic heterocycles. The van der Waals surface area contributed by atoms with Gasteiger partial charge in [0.1, 0.15) is 0 Å². The highest BCUT2D eigenvalue weighted by atomic mass is 16.4. The summed E-state index contributed by atoms with van der Waals surface area (Å²) in [5.74, 6) is -2.50. The number of carbonyl (C=O) groups is 3. The highest BCUT2D eigenvalue weighted by molar-refractivity contribution is 5.95. The van der Waals surface area contributed by atoms with Crippen molar-refractivity contribution in [2.24, 2.45) is 0 Å². The zero-order valence-electron chi connectivity index (χ0n) is 18.5. The van der Waals surface area contributed by atoms with Crippen LogP contribution in [0.3, 0.4) is 0 Å². The van der Waals surface area contributed by atoms with E-state index < -0.39 is 17.9 Å². The number of rotatable bonds is 0. The Hall–Kier alpha value is -4.21. The van der Waals surface area contributed by atoms with Crippen LogP contribution in [0.25, 0.3) is 27.6 Å². The maximum absolute atomic E-state index is 12.1. The number of H-pyrrole nitrogens is 1. The summed E-state index contributed by atoms with van der Waals surface area (Å²) in [4.78, 5) is 46.6. The number of aliphatic carboxylic acids is 3. The van der Waals surface area contributed by atoms with Crippen LogP contribution in [0.2, 0.25) is 0 Å².